The fraction of sp³-hybridized carbons (Fsp3) is 0.500. The van der Waals surface area contributed by atoms with Crippen molar-refractivity contribution in [1.82, 2.24) is 10.6 Å². The second-order valence-corrected chi connectivity index (χ2v) is 4.80. The highest BCUT2D eigenvalue weighted by Crippen LogP contribution is 2.10. The molecular formula is C12H18N2O2S. The van der Waals surface area contributed by atoms with E-state index < -0.39 is 0 Å². The van der Waals surface area contributed by atoms with Gasteiger partial charge in [0.05, 0.1) is 0 Å². The SMILES string of the molecule is CC(=O)NCCCNC(=O)CCc1cccs1. The Hall–Kier alpha value is -1.36. The van der Waals surface area contributed by atoms with Crippen LogP contribution in [0.5, 0.6) is 0 Å². The maximum atomic E-state index is 11.4. The average molecular weight is 254 g/mol. The van der Waals surface area contributed by atoms with Crippen molar-refractivity contribution in [3.63, 3.8) is 0 Å². The standard InChI is InChI=1S/C12H18N2O2S/c1-10(15)13-7-3-8-14-12(16)6-5-11-4-2-9-17-11/h2,4,9H,3,5-8H2,1H3,(H,13,15)(H,14,16). The van der Waals surface area contributed by atoms with Gasteiger partial charge in [0.25, 0.3) is 0 Å². The van der Waals surface area contributed by atoms with E-state index >= 15 is 0 Å². The van der Waals surface area contributed by atoms with E-state index in [1.807, 2.05) is 17.5 Å². The molecule has 0 aliphatic carbocycles. The van der Waals surface area contributed by atoms with Crippen LogP contribution in [0.4, 0.5) is 0 Å². The van der Waals surface area contributed by atoms with E-state index in [1.165, 1.54) is 11.8 Å². The van der Waals surface area contributed by atoms with Crippen LogP contribution < -0.4 is 10.6 Å². The van der Waals surface area contributed by atoms with Crippen LogP contribution in [0, 0.1) is 0 Å². The molecule has 0 aliphatic heterocycles. The second-order valence-electron chi connectivity index (χ2n) is 3.77. The molecule has 94 valence electrons. The molecule has 0 unspecified atom stereocenters. The molecule has 2 amide bonds. The molecule has 0 aromatic carbocycles. The van der Waals surface area contributed by atoms with E-state index in [0.29, 0.717) is 19.5 Å². The summed E-state index contributed by atoms with van der Waals surface area (Å²) < 4.78 is 0. The summed E-state index contributed by atoms with van der Waals surface area (Å²) in [5.41, 5.74) is 0. The smallest absolute Gasteiger partial charge is 0.220 e. The first-order chi connectivity index (χ1) is 8.18. The zero-order valence-corrected chi connectivity index (χ0v) is 10.8. The Morgan fingerprint density at radius 2 is 2.06 bits per heavy atom. The Morgan fingerprint density at radius 1 is 1.29 bits per heavy atom. The van der Waals surface area contributed by atoms with Crippen molar-refractivity contribution in [2.75, 3.05) is 13.1 Å². The van der Waals surface area contributed by atoms with Crippen LogP contribution in [0.2, 0.25) is 0 Å². The first-order valence-corrected chi connectivity index (χ1v) is 6.60. The zero-order chi connectivity index (χ0) is 12.5. The number of aryl methyl sites for hydroxylation is 1. The lowest BCUT2D eigenvalue weighted by atomic mass is 10.2. The summed E-state index contributed by atoms with van der Waals surface area (Å²) in [5, 5.41) is 7.53. The first-order valence-electron chi connectivity index (χ1n) is 5.72. The van der Waals surface area contributed by atoms with Crippen molar-refractivity contribution in [3.8, 4) is 0 Å². The van der Waals surface area contributed by atoms with Crippen LogP contribution in [-0.4, -0.2) is 24.9 Å². The summed E-state index contributed by atoms with van der Waals surface area (Å²) in [6, 6.07) is 4.03. The number of hydrogen-bond donors (Lipinski definition) is 2. The van der Waals surface area contributed by atoms with Gasteiger partial charge in [-0.1, -0.05) is 6.07 Å². The number of carbonyl (C=O) groups excluding carboxylic acids is 2. The molecule has 5 heteroatoms. The van der Waals surface area contributed by atoms with Gasteiger partial charge in [-0.05, 0) is 24.3 Å². The van der Waals surface area contributed by atoms with Gasteiger partial charge in [0, 0.05) is 31.3 Å². The minimum Gasteiger partial charge on any atom is -0.356 e. The number of hydrogen-bond acceptors (Lipinski definition) is 3. The lowest BCUT2D eigenvalue weighted by molar-refractivity contribution is -0.121. The van der Waals surface area contributed by atoms with Crippen LogP contribution in [-0.2, 0) is 16.0 Å². The van der Waals surface area contributed by atoms with E-state index in [9.17, 15) is 9.59 Å². The molecule has 17 heavy (non-hydrogen) atoms. The van der Waals surface area contributed by atoms with Gasteiger partial charge in [0.1, 0.15) is 0 Å². The number of amides is 2. The Morgan fingerprint density at radius 3 is 2.71 bits per heavy atom. The monoisotopic (exact) mass is 254 g/mol. The van der Waals surface area contributed by atoms with Crippen molar-refractivity contribution in [2.45, 2.75) is 26.2 Å². The van der Waals surface area contributed by atoms with Gasteiger partial charge in [0.2, 0.25) is 11.8 Å². The summed E-state index contributed by atoms with van der Waals surface area (Å²) in [5.74, 6) is 0.0373. The Labute approximate surface area is 105 Å². The molecule has 1 aromatic heterocycles. The van der Waals surface area contributed by atoms with Crippen LogP contribution in [0.3, 0.4) is 0 Å². The topological polar surface area (TPSA) is 58.2 Å². The molecule has 1 aromatic rings. The summed E-state index contributed by atoms with van der Waals surface area (Å²) in [7, 11) is 0. The third-order valence-electron chi connectivity index (χ3n) is 2.23. The highest BCUT2D eigenvalue weighted by molar-refractivity contribution is 7.09. The first kappa shape index (κ1) is 13.7. The number of carbonyl (C=O) groups is 2. The molecule has 4 nitrogen and oxygen atoms in total. The zero-order valence-electron chi connectivity index (χ0n) is 9.99. The summed E-state index contributed by atoms with van der Waals surface area (Å²) in [4.78, 5) is 23.3. The summed E-state index contributed by atoms with van der Waals surface area (Å²) in [6.45, 7) is 2.71. The van der Waals surface area contributed by atoms with Gasteiger partial charge in [-0.15, -0.1) is 11.3 Å². The summed E-state index contributed by atoms with van der Waals surface area (Å²) >= 11 is 1.67. The largest absolute Gasteiger partial charge is 0.356 e. The molecule has 0 bridgehead atoms. The van der Waals surface area contributed by atoms with Crippen LogP contribution in [0.15, 0.2) is 17.5 Å². The Bertz CT molecular complexity index is 349. The number of nitrogens with one attached hydrogen (secondary N) is 2. The highest BCUT2D eigenvalue weighted by atomic mass is 32.1. The predicted molar refractivity (Wildman–Crippen MR) is 69.0 cm³/mol. The fourth-order valence-corrected chi connectivity index (χ4v) is 2.07. The predicted octanol–water partition coefficient (Wildman–Crippen LogP) is 1.32. The molecule has 0 aliphatic rings. The molecule has 0 saturated heterocycles. The van der Waals surface area contributed by atoms with Gasteiger partial charge in [-0.25, -0.2) is 0 Å². The average Bonchev–Trinajstić information content (AvgIpc) is 2.78. The van der Waals surface area contributed by atoms with Gasteiger partial charge < -0.3 is 10.6 Å². The minimum atomic E-state index is -0.0333. The maximum Gasteiger partial charge on any atom is 0.220 e. The van der Waals surface area contributed by atoms with Gasteiger partial charge in [0.15, 0.2) is 0 Å². The number of rotatable bonds is 7. The maximum absolute atomic E-state index is 11.4. The fourth-order valence-electron chi connectivity index (χ4n) is 1.36. The van der Waals surface area contributed by atoms with Gasteiger partial charge in [-0.3, -0.25) is 9.59 Å². The van der Waals surface area contributed by atoms with Crippen LogP contribution in [0.25, 0.3) is 0 Å². The molecule has 0 fully saturated rings. The molecular weight excluding hydrogens is 236 g/mol. The van der Waals surface area contributed by atoms with E-state index in [-0.39, 0.29) is 11.8 Å². The molecule has 0 radical (unpaired) electrons. The van der Waals surface area contributed by atoms with E-state index in [4.69, 9.17) is 0 Å². The normalized spacial score (nSPS) is 9.94. The third-order valence-corrected chi connectivity index (χ3v) is 3.16. The highest BCUT2D eigenvalue weighted by Gasteiger charge is 2.02. The van der Waals surface area contributed by atoms with Crippen molar-refractivity contribution in [2.24, 2.45) is 0 Å². The summed E-state index contributed by atoms with van der Waals surface area (Å²) in [6.07, 6.45) is 2.10. The minimum absolute atomic E-state index is 0.0333. The van der Waals surface area contributed by atoms with Crippen LogP contribution in [0.1, 0.15) is 24.6 Å². The van der Waals surface area contributed by atoms with Crippen LogP contribution >= 0.6 is 11.3 Å². The van der Waals surface area contributed by atoms with Crippen molar-refractivity contribution >= 4 is 23.2 Å². The molecule has 0 atom stereocenters. The Balaban J connectivity index is 2.00. The number of thiophene rings is 1. The van der Waals surface area contributed by atoms with Crippen molar-refractivity contribution < 1.29 is 9.59 Å². The van der Waals surface area contributed by atoms with Crippen molar-refractivity contribution in [3.05, 3.63) is 22.4 Å². The van der Waals surface area contributed by atoms with Gasteiger partial charge >= 0.3 is 0 Å². The lowest BCUT2D eigenvalue weighted by Crippen LogP contribution is -2.28. The molecule has 0 spiro atoms. The van der Waals surface area contributed by atoms with E-state index in [1.54, 1.807) is 11.3 Å². The molecule has 2 N–H and O–H groups in total. The van der Waals surface area contributed by atoms with E-state index in [0.717, 1.165) is 12.8 Å². The lowest BCUT2D eigenvalue weighted by Gasteiger charge is -2.05. The van der Waals surface area contributed by atoms with Crippen molar-refractivity contribution in [1.29, 1.82) is 0 Å². The second kappa shape index (κ2) is 7.84. The quantitative estimate of drug-likeness (QED) is 0.721. The Kier molecular flexibility index (Phi) is 6.32. The van der Waals surface area contributed by atoms with Gasteiger partial charge in [-0.2, -0.15) is 0 Å². The third kappa shape index (κ3) is 6.73. The van der Waals surface area contributed by atoms with E-state index in [2.05, 4.69) is 10.6 Å². The molecule has 1 rings (SSSR count). The molecule has 1 heterocycles. The molecule has 0 saturated carbocycles.